The first kappa shape index (κ1) is 11.2. The molecule has 1 saturated heterocycles. The number of alkyl halides is 2. The Morgan fingerprint density at radius 2 is 2.06 bits per heavy atom. The first-order chi connectivity index (χ1) is 7.61. The van der Waals surface area contributed by atoms with Crippen LogP contribution in [0.15, 0.2) is 12.3 Å². The van der Waals surface area contributed by atoms with E-state index in [9.17, 15) is 8.78 Å². The molecule has 0 unspecified atom stereocenters. The molecule has 1 aromatic rings. The number of nitrogens with zero attached hydrogens (tertiary/aromatic N) is 3. The van der Waals surface area contributed by atoms with E-state index < -0.39 is 5.92 Å². The molecule has 0 radical (unpaired) electrons. The molecule has 1 aliphatic heterocycles. The zero-order valence-electron chi connectivity index (χ0n) is 8.74. The van der Waals surface area contributed by atoms with Crippen molar-refractivity contribution in [3.8, 4) is 0 Å². The van der Waals surface area contributed by atoms with Gasteiger partial charge in [0.25, 0.3) is 5.92 Å². The molecule has 0 saturated carbocycles. The van der Waals surface area contributed by atoms with Crippen molar-refractivity contribution in [2.24, 2.45) is 0 Å². The van der Waals surface area contributed by atoms with E-state index >= 15 is 0 Å². The van der Waals surface area contributed by atoms with Crippen molar-refractivity contribution in [2.45, 2.75) is 25.4 Å². The lowest BCUT2D eigenvalue weighted by Crippen LogP contribution is -2.39. The van der Waals surface area contributed by atoms with Gasteiger partial charge in [-0.2, -0.15) is 0 Å². The van der Waals surface area contributed by atoms with E-state index in [-0.39, 0.29) is 32.5 Å². The van der Waals surface area contributed by atoms with Crippen molar-refractivity contribution in [1.82, 2.24) is 9.97 Å². The largest absolute Gasteiger partial charge is 0.388 e. The van der Waals surface area contributed by atoms with Gasteiger partial charge in [0.2, 0.25) is 0 Å². The molecule has 1 fully saturated rings. The summed E-state index contributed by atoms with van der Waals surface area (Å²) in [6.07, 6.45) is 1.23. The molecule has 16 heavy (non-hydrogen) atoms. The molecule has 88 valence electrons. The fraction of sp³-hybridized carbons (Fsp3) is 0.600. The smallest absolute Gasteiger partial charge is 0.251 e. The number of aromatic nitrogens is 2. The SMILES string of the molecule is OCc1nccc(N2CCC(F)(F)CC2)n1. The van der Waals surface area contributed by atoms with Crippen LogP contribution in [0.5, 0.6) is 0 Å². The van der Waals surface area contributed by atoms with Crippen LogP contribution in [0.1, 0.15) is 18.7 Å². The van der Waals surface area contributed by atoms with Crippen molar-refractivity contribution in [3.63, 3.8) is 0 Å². The van der Waals surface area contributed by atoms with E-state index in [1.165, 1.54) is 6.20 Å². The second-order valence-corrected chi connectivity index (χ2v) is 3.83. The van der Waals surface area contributed by atoms with E-state index in [1.54, 1.807) is 11.0 Å². The minimum Gasteiger partial charge on any atom is -0.388 e. The number of anilines is 1. The molecule has 0 bridgehead atoms. The van der Waals surface area contributed by atoms with Crippen LogP contribution in [-0.4, -0.2) is 34.1 Å². The summed E-state index contributed by atoms with van der Waals surface area (Å²) < 4.78 is 25.9. The highest BCUT2D eigenvalue weighted by Gasteiger charge is 2.34. The van der Waals surface area contributed by atoms with E-state index in [4.69, 9.17) is 5.11 Å². The van der Waals surface area contributed by atoms with Crippen LogP contribution in [0.4, 0.5) is 14.6 Å². The van der Waals surface area contributed by atoms with Crippen LogP contribution in [0.2, 0.25) is 0 Å². The zero-order valence-corrected chi connectivity index (χ0v) is 8.74. The number of aliphatic hydroxyl groups is 1. The summed E-state index contributed by atoms with van der Waals surface area (Å²) in [5, 5.41) is 8.88. The summed E-state index contributed by atoms with van der Waals surface area (Å²) in [6, 6.07) is 1.67. The second-order valence-electron chi connectivity index (χ2n) is 3.83. The highest BCUT2D eigenvalue weighted by molar-refractivity contribution is 5.38. The number of hydrogen-bond acceptors (Lipinski definition) is 4. The molecule has 0 atom stereocenters. The summed E-state index contributed by atoms with van der Waals surface area (Å²) in [4.78, 5) is 9.72. The normalized spacial score (nSPS) is 19.8. The molecule has 2 heterocycles. The third-order valence-corrected chi connectivity index (χ3v) is 2.65. The fourth-order valence-electron chi connectivity index (χ4n) is 1.70. The Kier molecular flexibility index (Phi) is 3.00. The molecular weight excluding hydrogens is 216 g/mol. The lowest BCUT2D eigenvalue weighted by atomic mass is 10.1. The van der Waals surface area contributed by atoms with Crippen LogP contribution in [0, 0.1) is 0 Å². The number of halogens is 2. The van der Waals surface area contributed by atoms with Gasteiger partial charge < -0.3 is 10.0 Å². The van der Waals surface area contributed by atoms with Gasteiger partial charge in [-0.1, -0.05) is 0 Å². The fourth-order valence-corrected chi connectivity index (χ4v) is 1.70. The maximum absolute atomic E-state index is 12.9. The first-order valence-electron chi connectivity index (χ1n) is 5.16. The Bertz CT molecular complexity index is 363. The van der Waals surface area contributed by atoms with Gasteiger partial charge in [-0.25, -0.2) is 18.7 Å². The van der Waals surface area contributed by atoms with Crippen LogP contribution in [-0.2, 0) is 6.61 Å². The summed E-state index contributed by atoms with van der Waals surface area (Å²) in [6.45, 7) is 0.335. The van der Waals surface area contributed by atoms with Gasteiger partial charge in [0, 0.05) is 32.1 Å². The minimum absolute atomic E-state index is 0.147. The minimum atomic E-state index is -2.55. The maximum Gasteiger partial charge on any atom is 0.251 e. The van der Waals surface area contributed by atoms with Gasteiger partial charge in [-0.3, -0.25) is 0 Å². The van der Waals surface area contributed by atoms with E-state index in [1.807, 2.05) is 0 Å². The lowest BCUT2D eigenvalue weighted by molar-refractivity contribution is -0.0221. The third kappa shape index (κ3) is 2.44. The van der Waals surface area contributed by atoms with Crippen LogP contribution >= 0.6 is 0 Å². The number of piperidine rings is 1. The molecule has 0 aromatic carbocycles. The van der Waals surface area contributed by atoms with Gasteiger partial charge in [0.05, 0.1) is 0 Å². The molecule has 0 amide bonds. The summed E-state index contributed by atoms with van der Waals surface area (Å²) in [7, 11) is 0. The van der Waals surface area contributed by atoms with Gasteiger partial charge >= 0.3 is 0 Å². The second kappa shape index (κ2) is 4.29. The highest BCUT2D eigenvalue weighted by Crippen LogP contribution is 2.29. The summed E-state index contributed by atoms with van der Waals surface area (Å²) >= 11 is 0. The number of aliphatic hydroxyl groups excluding tert-OH is 1. The van der Waals surface area contributed by atoms with Crippen LogP contribution < -0.4 is 4.90 Å². The molecule has 0 spiro atoms. The van der Waals surface area contributed by atoms with Crippen molar-refractivity contribution < 1.29 is 13.9 Å². The van der Waals surface area contributed by atoms with E-state index in [2.05, 4.69) is 9.97 Å². The Balaban J connectivity index is 2.08. The molecule has 1 N–H and O–H groups in total. The van der Waals surface area contributed by atoms with Crippen LogP contribution in [0.25, 0.3) is 0 Å². The quantitative estimate of drug-likeness (QED) is 0.828. The number of hydrogen-bond donors (Lipinski definition) is 1. The topological polar surface area (TPSA) is 49.3 Å². The molecule has 1 aliphatic rings. The van der Waals surface area contributed by atoms with Crippen molar-refractivity contribution in [1.29, 1.82) is 0 Å². The Morgan fingerprint density at radius 1 is 1.38 bits per heavy atom. The Morgan fingerprint density at radius 3 is 2.69 bits per heavy atom. The average Bonchev–Trinajstić information content (AvgIpc) is 2.29. The van der Waals surface area contributed by atoms with Gasteiger partial charge in [-0.05, 0) is 6.07 Å². The highest BCUT2D eigenvalue weighted by atomic mass is 19.3. The van der Waals surface area contributed by atoms with E-state index in [0.717, 1.165) is 0 Å². The Hall–Kier alpha value is -1.30. The first-order valence-corrected chi connectivity index (χ1v) is 5.16. The molecule has 2 rings (SSSR count). The third-order valence-electron chi connectivity index (χ3n) is 2.65. The Labute approximate surface area is 91.9 Å². The van der Waals surface area contributed by atoms with E-state index in [0.29, 0.717) is 11.6 Å². The van der Waals surface area contributed by atoms with Gasteiger partial charge in [0.15, 0.2) is 5.82 Å². The molecule has 0 aliphatic carbocycles. The standard InChI is InChI=1S/C10H13F2N3O/c11-10(12)2-5-15(6-3-10)9-1-4-13-8(7-16)14-9/h1,4,16H,2-3,5-7H2. The predicted molar refractivity (Wildman–Crippen MR) is 54.3 cm³/mol. The zero-order chi connectivity index (χ0) is 11.6. The lowest BCUT2D eigenvalue weighted by Gasteiger charge is -2.32. The van der Waals surface area contributed by atoms with Gasteiger partial charge in [-0.15, -0.1) is 0 Å². The molecular formula is C10H13F2N3O. The average molecular weight is 229 g/mol. The maximum atomic E-state index is 12.9. The number of rotatable bonds is 2. The molecule has 1 aromatic heterocycles. The van der Waals surface area contributed by atoms with Crippen molar-refractivity contribution >= 4 is 5.82 Å². The predicted octanol–water partition coefficient (Wildman–Crippen LogP) is 1.20. The summed E-state index contributed by atoms with van der Waals surface area (Å²) in [5.74, 6) is -1.63. The van der Waals surface area contributed by atoms with Crippen molar-refractivity contribution in [2.75, 3.05) is 18.0 Å². The van der Waals surface area contributed by atoms with Crippen molar-refractivity contribution in [3.05, 3.63) is 18.1 Å². The molecule has 6 heteroatoms. The van der Waals surface area contributed by atoms with Gasteiger partial charge in [0.1, 0.15) is 12.4 Å². The van der Waals surface area contributed by atoms with Crippen LogP contribution in [0.3, 0.4) is 0 Å². The summed E-state index contributed by atoms with van der Waals surface area (Å²) in [5.41, 5.74) is 0. The monoisotopic (exact) mass is 229 g/mol. The molecule has 4 nitrogen and oxygen atoms in total.